The average molecular weight is 187 g/mol. The van der Waals surface area contributed by atoms with E-state index in [0.29, 0.717) is 6.04 Å². The molecule has 0 N–H and O–H groups in total. The number of hydrogen-bond acceptors (Lipinski definition) is 2. The van der Waals surface area contributed by atoms with Crippen LogP contribution < -0.4 is 0 Å². The zero-order valence-corrected chi connectivity index (χ0v) is 8.86. The molecule has 1 rings (SSSR count). The molecule has 3 heteroatoms. The number of carbonyl (C=O) groups is 1. The molecule has 0 spiro atoms. The highest BCUT2D eigenvalue weighted by Crippen LogP contribution is 2.29. The second kappa shape index (κ2) is 3.69. The van der Waals surface area contributed by atoms with Crippen molar-refractivity contribution in [2.45, 2.75) is 26.8 Å². The fourth-order valence-electron chi connectivity index (χ4n) is 1.49. The minimum atomic E-state index is 0.217. The summed E-state index contributed by atoms with van der Waals surface area (Å²) in [5.74, 6) is 2.17. The molecule has 1 amide bonds. The summed E-state index contributed by atoms with van der Waals surface area (Å²) in [7, 11) is 0. The number of amides is 1. The summed E-state index contributed by atoms with van der Waals surface area (Å²) < 4.78 is 0. The van der Waals surface area contributed by atoms with Gasteiger partial charge < -0.3 is 4.90 Å². The predicted molar refractivity (Wildman–Crippen MR) is 53.3 cm³/mol. The number of rotatable bonds is 1. The SMILES string of the molecule is CC(C)(C)C1CSCCN1C=O. The van der Waals surface area contributed by atoms with Gasteiger partial charge in [0.1, 0.15) is 0 Å². The molecule has 0 aromatic heterocycles. The van der Waals surface area contributed by atoms with Crippen molar-refractivity contribution in [3.05, 3.63) is 0 Å². The van der Waals surface area contributed by atoms with Crippen LogP contribution in [0.15, 0.2) is 0 Å². The van der Waals surface area contributed by atoms with Crippen LogP contribution in [0.1, 0.15) is 20.8 Å². The van der Waals surface area contributed by atoms with Crippen molar-refractivity contribution < 1.29 is 4.79 Å². The van der Waals surface area contributed by atoms with Gasteiger partial charge in [-0.1, -0.05) is 20.8 Å². The average Bonchev–Trinajstić information content (AvgIpc) is 2.03. The molecule has 0 bridgehead atoms. The van der Waals surface area contributed by atoms with Crippen molar-refractivity contribution in [2.75, 3.05) is 18.1 Å². The predicted octanol–water partition coefficient (Wildman–Crippen LogP) is 1.61. The lowest BCUT2D eigenvalue weighted by Gasteiger charge is -2.40. The third kappa shape index (κ3) is 2.16. The van der Waals surface area contributed by atoms with Crippen molar-refractivity contribution in [1.29, 1.82) is 0 Å². The molecular formula is C9H17NOS. The van der Waals surface area contributed by atoms with Gasteiger partial charge in [0.15, 0.2) is 0 Å². The summed E-state index contributed by atoms with van der Waals surface area (Å²) in [5, 5.41) is 0. The maximum atomic E-state index is 10.7. The van der Waals surface area contributed by atoms with Gasteiger partial charge in [-0.05, 0) is 5.41 Å². The van der Waals surface area contributed by atoms with Gasteiger partial charge in [-0.25, -0.2) is 0 Å². The van der Waals surface area contributed by atoms with Crippen molar-refractivity contribution in [1.82, 2.24) is 4.90 Å². The van der Waals surface area contributed by atoms with E-state index in [-0.39, 0.29) is 5.41 Å². The molecule has 1 saturated heterocycles. The van der Waals surface area contributed by atoms with Crippen LogP contribution in [0.4, 0.5) is 0 Å². The molecule has 0 aliphatic carbocycles. The second-order valence-electron chi connectivity index (χ2n) is 4.30. The van der Waals surface area contributed by atoms with E-state index in [0.717, 1.165) is 24.5 Å². The maximum absolute atomic E-state index is 10.7. The Kier molecular flexibility index (Phi) is 3.04. The zero-order valence-electron chi connectivity index (χ0n) is 8.04. The highest BCUT2D eigenvalue weighted by molar-refractivity contribution is 7.99. The molecule has 1 atom stereocenters. The zero-order chi connectivity index (χ0) is 9.19. The molecule has 12 heavy (non-hydrogen) atoms. The number of thioether (sulfide) groups is 1. The van der Waals surface area contributed by atoms with E-state index >= 15 is 0 Å². The Morgan fingerprint density at radius 2 is 2.17 bits per heavy atom. The minimum absolute atomic E-state index is 0.217. The van der Waals surface area contributed by atoms with Gasteiger partial charge in [0.2, 0.25) is 6.41 Å². The van der Waals surface area contributed by atoms with Crippen LogP contribution in [0.3, 0.4) is 0 Å². The fraction of sp³-hybridized carbons (Fsp3) is 0.889. The normalized spacial score (nSPS) is 25.6. The molecule has 0 radical (unpaired) electrons. The topological polar surface area (TPSA) is 20.3 Å². The lowest BCUT2D eigenvalue weighted by Crippen LogP contribution is -2.48. The van der Waals surface area contributed by atoms with Crippen LogP contribution in [0.25, 0.3) is 0 Å². The van der Waals surface area contributed by atoms with Gasteiger partial charge in [-0.3, -0.25) is 4.79 Å². The Balaban J connectivity index is 2.65. The molecule has 0 aromatic carbocycles. The monoisotopic (exact) mass is 187 g/mol. The molecule has 0 aromatic rings. The minimum Gasteiger partial charge on any atom is -0.340 e. The Bertz CT molecular complexity index is 164. The smallest absolute Gasteiger partial charge is 0.210 e. The summed E-state index contributed by atoms with van der Waals surface area (Å²) in [5.41, 5.74) is 0.217. The van der Waals surface area contributed by atoms with Crippen LogP contribution in [-0.4, -0.2) is 35.4 Å². The molecule has 1 fully saturated rings. The summed E-state index contributed by atoms with van der Waals surface area (Å²) >= 11 is 1.95. The first-order valence-corrected chi connectivity index (χ1v) is 5.50. The molecule has 2 nitrogen and oxygen atoms in total. The van der Waals surface area contributed by atoms with Crippen LogP contribution in [-0.2, 0) is 4.79 Å². The number of carbonyl (C=O) groups excluding carboxylic acids is 1. The standard InChI is InChI=1S/C9H17NOS/c1-9(2,3)8-6-12-5-4-10(8)7-11/h7-8H,4-6H2,1-3H3. The van der Waals surface area contributed by atoms with E-state index in [1.807, 2.05) is 16.7 Å². The first kappa shape index (κ1) is 9.90. The first-order valence-electron chi connectivity index (χ1n) is 4.34. The van der Waals surface area contributed by atoms with Gasteiger partial charge >= 0.3 is 0 Å². The largest absolute Gasteiger partial charge is 0.340 e. The maximum Gasteiger partial charge on any atom is 0.210 e. The van der Waals surface area contributed by atoms with E-state index in [4.69, 9.17) is 0 Å². The summed E-state index contributed by atoms with van der Waals surface area (Å²) in [6.07, 6.45) is 0.996. The van der Waals surface area contributed by atoms with Crippen LogP contribution in [0.2, 0.25) is 0 Å². The molecular weight excluding hydrogens is 170 g/mol. The summed E-state index contributed by atoms with van der Waals surface area (Å²) in [6, 6.07) is 0.411. The Hall–Kier alpha value is -0.180. The van der Waals surface area contributed by atoms with Crippen molar-refractivity contribution >= 4 is 18.2 Å². The van der Waals surface area contributed by atoms with E-state index in [2.05, 4.69) is 20.8 Å². The molecule has 1 aliphatic heterocycles. The van der Waals surface area contributed by atoms with E-state index in [9.17, 15) is 4.79 Å². The Labute approximate surface area is 78.7 Å². The molecule has 1 aliphatic rings. The quantitative estimate of drug-likeness (QED) is 0.581. The lowest BCUT2D eigenvalue weighted by atomic mass is 9.87. The third-order valence-electron chi connectivity index (χ3n) is 2.30. The third-order valence-corrected chi connectivity index (χ3v) is 3.33. The van der Waals surface area contributed by atoms with E-state index < -0.39 is 0 Å². The lowest BCUT2D eigenvalue weighted by molar-refractivity contribution is -0.121. The van der Waals surface area contributed by atoms with Crippen molar-refractivity contribution in [3.63, 3.8) is 0 Å². The first-order chi connectivity index (χ1) is 5.55. The van der Waals surface area contributed by atoms with Gasteiger partial charge in [0.05, 0.1) is 0 Å². The van der Waals surface area contributed by atoms with Gasteiger partial charge in [0.25, 0.3) is 0 Å². The Morgan fingerprint density at radius 3 is 2.58 bits per heavy atom. The van der Waals surface area contributed by atoms with Crippen LogP contribution in [0, 0.1) is 5.41 Å². The van der Waals surface area contributed by atoms with Crippen molar-refractivity contribution in [3.8, 4) is 0 Å². The molecule has 70 valence electrons. The van der Waals surface area contributed by atoms with E-state index in [1.54, 1.807) is 0 Å². The number of nitrogens with zero attached hydrogens (tertiary/aromatic N) is 1. The summed E-state index contributed by atoms with van der Waals surface area (Å²) in [4.78, 5) is 12.7. The molecule has 1 unspecified atom stereocenters. The van der Waals surface area contributed by atoms with Gasteiger partial charge in [0, 0.05) is 24.1 Å². The molecule has 0 saturated carbocycles. The van der Waals surface area contributed by atoms with Crippen molar-refractivity contribution in [2.24, 2.45) is 5.41 Å². The highest BCUT2D eigenvalue weighted by atomic mass is 32.2. The van der Waals surface area contributed by atoms with Crippen LogP contribution >= 0.6 is 11.8 Å². The summed E-state index contributed by atoms with van der Waals surface area (Å²) in [6.45, 7) is 7.50. The van der Waals surface area contributed by atoms with Gasteiger partial charge in [-0.2, -0.15) is 11.8 Å². The van der Waals surface area contributed by atoms with E-state index in [1.165, 1.54) is 0 Å². The number of hydrogen-bond donors (Lipinski definition) is 0. The van der Waals surface area contributed by atoms with Gasteiger partial charge in [-0.15, -0.1) is 0 Å². The van der Waals surface area contributed by atoms with Crippen LogP contribution in [0.5, 0.6) is 0 Å². The highest BCUT2D eigenvalue weighted by Gasteiger charge is 2.31. The molecule has 1 heterocycles. The Morgan fingerprint density at radius 1 is 1.50 bits per heavy atom. The fourth-order valence-corrected chi connectivity index (χ4v) is 2.91. The second-order valence-corrected chi connectivity index (χ2v) is 5.45.